The first-order valence-electron chi connectivity index (χ1n) is 8.52. The Kier molecular flexibility index (Phi) is 5.76. The lowest BCUT2D eigenvalue weighted by atomic mass is 9.85. The molecule has 6 heteroatoms. The van der Waals surface area contributed by atoms with Gasteiger partial charge >= 0.3 is 0 Å². The van der Waals surface area contributed by atoms with Crippen molar-refractivity contribution in [1.29, 1.82) is 5.26 Å². The molecule has 0 N–H and O–H groups in total. The van der Waals surface area contributed by atoms with Crippen LogP contribution in [-0.2, 0) is 14.4 Å². The number of imide groups is 1. The summed E-state index contributed by atoms with van der Waals surface area (Å²) in [5.74, 6) is -1.18. The van der Waals surface area contributed by atoms with Crippen LogP contribution < -0.4 is 0 Å². The third-order valence-corrected chi connectivity index (χ3v) is 4.77. The zero-order valence-electron chi connectivity index (χ0n) is 14.6. The van der Waals surface area contributed by atoms with Gasteiger partial charge in [0.25, 0.3) is 0 Å². The van der Waals surface area contributed by atoms with Gasteiger partial charge in [-0.3, -0.25) is 19.3 Å². The number of nitriles is 1. The smallest absolute Gasteiger partial charge is 0.245 e. The van der Waals surface area contributed by atoms with Crippen molar-refractivity contribution < 1.29 is 14.4 Å². The molecule has 0 aromatic heterocycles. The van der Waals surface area contributed by atoms with Crippen LogP contribution in [0.3, 0.4) is 0 Å². The van der Waals surface area contributed by atoms with Crippen molar-refractivity contribution in [3.8, 4) is 6.07 Å². The molecule has 3 unspecified atom stereocenters. The molecule has 6 nitrogen and oxygen atoms in total. The zero-order chi connectivity index (χ0) is 17.9. The number of likely N-dealkylation sites (N-methyl/N-ethyl adjacent to an activating group) is 1. The summed E-state index contributed by atoms with van der Waals surface area (Å²) in [6.07, 6.45) is 5.69. The SMILES string of the molecule is CC(C)CC(C(=O)N(C)CCC#N)N1C(=O)C2CC=CCC2C1=O. The second kappa shape index (κ2) is 7.61. The minimum absolute atomic E-state index is 0.171. The van der Waals surface area contributed by atoms with Crippen LogP contribution >= 0.6 is 0 Å². The minimum Gasteiger partial charge on any atom is -0.343 e. The maximum Gasteiger partial charge on any atom is 0.245 e. The quantitative estimate of drug-likeness (QED) is 0.548. The normalized spacial score (nSPS) is 24.0. The molecular formula is C18H25N3O3. The summed E-state index contributed by atoms with van der Waals surface area (Å²) >= 11 is 0. The fourth-order valence-electron chi connectivity index (χ4n) is 3.48. The third-order valence-electron chi connectivity index (χ3n) is 4.77. The van der Waals surface area contributed by atoms with Crippen LogP contribution in [0.25, 0.3) is 0 Å². The molecule has 1 aliphatic carbocycles. The molecule has 0 bridgehead atoms. The van der Waals surface area contributed by atoms with Gasteiger partial charge in [0.2, 0.25) is 17.7 Å². The van der Waals surface area contributed by atoms with Crippen molar-refractivity contribution in [3.05, 3.63) is 12.2 Å². The maximum absolute atomic E-state index is 12.8. The van der Waals surface area contributed by atoms with Crippen molar-refractivity contribution in [1.82, 2.24) is 9.80 Å². The number of amides is 3. The molecule has 3 atom stereocenters. The van der Waals surface area contributed by atoms with Crippen LogP contribution in [0, 0.1) is 29.1 Å². The van der Waals surface area contributed by atoms with Crippen molar-refractivity contribution in [2.24, 2.45) is 17.8 Å². The van der Waals surface area contributed by atoms with Gasteiger partial charge in [-0.2, -0.15) is 5.26 Å². The number of nitrogens with zero attached hydrogens (tertiary/aromatic N) is 3. The summed E-state index contributed by atoms with van der Waals surface area (Å²) in [4.78, 5) is 41.0. The summed E-state index contributed by atoms with van der Waals surface area (Å²) in [5.41, 5.74) is 0. The Labute approximate surface area is 143 Å². The minimum atomic E-state index is -0.765. The molecule has 0 spiro atoms. The lowest BCUT2D eigenvalue weighted by Gasteiger charge is -2.30. The van der Waals surface area contributed by atoms with E-state index in [4.69, 9.17) is 5.26 Å². The Bertz CT molecular complexity index is 565. The van der Waals surface area contributed by atoms with Crippen LogP contribution in [0.5, 0.6) is 0 Å². The van der Waals surface area contributed by atoms with Crippen LogP contribution in [0.15, 0.2) is 12.2 Å². The van der Waals surface area contributed by atoms with E-state index in [0.717, 1.165) is 0 Å². The molecule has 3 amide bonds. The van der Waals surface area contributed by atoms with Gasteiger partial charge in [0.1, 0.15) is 6.04 Å². The van der Waals surface area contributed by atoms with Gasteiger partial charge in [0.15, 0.2) is 0 Å². The molecule has 0 saturated carbocycles. The van der Waals surface area contributed by atoms with E-state index in [1.165, 1.54) is 9.80 Å². The maximum atomic E-state index is 12.8. The van der Waals surface area contributed by atoms with Gasteiger partial charge < -0.3 is 4.90 Å². The van der Waals surface area contributed by atoms with E-state index in [-0.39, 0.29) is 41.9 Å². The van der Waals surface area contributed by atoms with Gasteiger partial charge in [-0.1, -0.05) is 26.0 Å². The molecule has 1 heterocycles. The highest BCUT2D eigenvalue weighted by atomic mass is 16.2. The van der Waals surface area contributed by atoms with Crippen molar-refractivity contribution >= 4 is 17.7 Å². The number of hydrogen-bond donors (Lipinski definition) is 0. The van der Waals surface area contributed by atoms with Crippen molar-refractivity contribution in [2.75, 3.05) is 13.6 Å². The van der Waals surface area contributed by atoms with Crippen LogP contribution in [0.2, 0.25) is 0 Å². The molecule has 1 saturated heterocycles. The monoisotopic (exact) mass is 331 g/mol. The van der Waals surface area contributed by atoms with E-state index in [9.17, 15) is 14.4 Å². The molecule has 0 radical (unpaired) electrons. The highest BCUT2D eigenvalue weighted by molar-refractivity contribution is 6.08. The Balaban J connectivity index is 2.24. The Hall–Kier alpha value is -2.16. The van der Waals surface area contributed by atoms with Gasteiger partial charge in [-0.05, 0) is 25.2 Å². The van der Waals surface area contributed by atoms with Crippen molar-refractivity contribution in [2.45, 2.75) is 45.6 Å². The van der Waals surface area contributed by atoms with E-state index < -0.39 is 6.04 Å². The van der Waals surface area contributed by atoms with E-state index in [0.29, 0.717) is 25.8 Å². The summed E-state index contributed by atoms with van der Waals surface area (Å²) in [6.45, 7) is 4.24. The fraction of sp³-hybridized carbons (Fsp3) is 0.667. The second-order valence-electron chi connectivity index (χ2n) is 7.02. The Morgan fingerprint density at radius 3 is 2.29 bits per heavy atom. The third kappa shape index (κ3) is 3.50. The summed E-state index contributed by atoms with van der Waals surface area (Å²) in [7, 11) is 1.62. The molecule has 2 aliphatic rings. The fourth-order valence-corrected chi connectivity index (χ4v) is 3.48. The molecule has 1 aliphatic heterocycles. The standard InChI is InChI=1S/C18H25N3O3/c1-12(2)11-15(18(24)20(3)10-6-9-19)21-16(22)13-7-4-5-8-14(13)17(21)23/h4-5,12-15H,6-8,10-11H2,1-3H3. The summed E-state index contributed by atoms with van der Waals surface area (Å²) < 4.78 is 0. The lowest BCUT2D eigenvalue weighted by Crippen LogP contribution is -2.51. The van der Waals surface area contributed by atoms with E-state index in [1.54, 1.807) is 7.05 Å². The van der Waals surface area contributed by atoms with Crippen LogP contribution in [-0.4, -0.2) is 47.2 Å². The Morgan fingerprint density at radius 2 is 1.83 bits per heavy atom. The van der Waals surface area contributed by atoms with E-state index in [2.05, 4.69) is 0 Å². The first-order valence-corrected chi connectivity index (χ1v) is 8.52. The average Bonchev–Trinajstić information content (AvgIpc) is 2.81. The highest BCUT2D eigenvalue weighted by Gasteiger charge is 2.51. The molecule has 1 fully saturated rings. The molecule has 0 aromatic carbocycles. The van der Waals surface area contributed by atoms with E-state index >= 15 is 0 Å². The summed E-state index contributed by atoms with van der Waals surface area (Å²) in [5, 5.41) is 8.70. The largest absolute Gasteiger partial charge is 0.343 e. The number of rotatable bonds is 6. The van der Waals surface area contributed by atoms with Crippen molar-refractivity contribution in [3.63, 3.8) is 0 Å². The zero-order valence-corrected chi connectivity index (χ0v) is 14.6. The first-order chi connectivity index (χ1) is 11.4. The number of fused-ring (bicyclic) bond motifs is 1. The number of carbonyl (C=O) groups excluding carboxylic acids is 3. The van der Waals surface area contributed by atoms with Gasteiger partial charge in [0.05, 0.1) is 24.3 Å². The van der Waals surface area contributed by atoms with Gasteiger partial charge in [-0.15, -0.1) is 0 Å². The number of carbonyl (C=O) groups is 3. The highest BCUT2D eigenvalue weighted by Crippen LogP contribution is 2.37. The Morgan fingerprint density at radius 1 is 1.29 bits per heavy atom. The van der Waals surface area contributed by atoms with Crippen LogP contribution in [0.1, 0.15) is 39.5 Å². The molecule has 24 heavy (non-hydrogen) atoms. The van der Waals surface area contributed by atoms with E-state index in [1.807, 2.05) is 32.1 Å². The number of hydrogen-bond acceptors (Lipinski definition) is 4. The number of allylic oxidation sites excluding steroid dienone is 2. The molecule has 2 rings (SSSR count). The number of likely N-dealkylation sites (tertiary alicyclic amines) is 1. The van der Waals surface area contributed by atoms with Crippen LogP contribution in [0.4, 0.5) is 0 Å². The molecule has 130 valence electrons. The van der Waals surface area contributed by atoms with Gasteiger partial charge in [0, 0.05) is 13.6 Å². The first kappa shape index (κ1) is 18.2. The van der Waals surface area contributed by atoms with Gasteiger partial charge in [-0.25, -0.2) is 0 Å². The molecule has 0 aromatic rings. The topological polar surface area (TPSA) is 81.5 Å². The summed E-state index contributed by atoms with van der Waals surface area (Å²) in [6, 6.07) is 1.25. The predicted octanol–water partition coefficient (Wildman–Crippen LogP) is 1.72. The average molecular weight is 331 g/mol. The lowest BCUT2D eigenvalue weighted by molar-refractivity contribution is -0.151. The molecular weight excluding hydrogens is 306 g/mol. The predicted molar refractivity (Wildman–Crippen MR) is 88.3 cm³/mol. The second-order valence-corrected chi connectivity index (χ2v) is 7.02.